The first-order valence-corrected chi connectivity index (χ1v) is 7.05. The number of rotatable bonds is 5. The topological polar surface area (TPSA) is 101 Å². The van der Waals surface area contributed by atoms with Crippen LogP contribution in [0, 0.1) is 0 Å². The van der Waals surface area contributed by atoms with Crippen molar-refractivity contribution < 1.29 is 4.74 Å². The van der Waals surface area contributed by atoms with Crippen molar-refractivity contribution in [2.45, 2.75) is 37.8 Å². The van der Waals surface area contributed by atoms with Crippen LogP contribution in [0.1, 0.15) is 25.7 Å². The molecule has 0 spiro atoms. The van der Waals surface area contributed by atoms with Crippen LogP contribution < -0.4 is 21.5 Å². The number of nitrogens with zero attached hydrogens (tertiary/aromatic N) is 4. The van der Waals surface area contributed by atoms with E-state index in [0.29, 0.717) is 30.0 Å². The number of nitrogens with one attached hydrogen (secondary N) is 2. The van der Waals surface area contributed by atoms with Gasteiger partial charge in [-0.2, -0.15) is 15.0 Å². The molecule has 8 nitrogen and oxygen atoms in total. The fourth-order valence-electron chi connectivity index (χ4n) is 2.61. The van der Waals surface area contributed by atoms with Crippen LogP contribution in [0.2, 0.25) is 0 Å². The van der Waals surface area contributed by atoms with Gasteiger partial charge in [0, 0.05) is 26.2 Å². The lowest BCUT2D eigenvalue weighted by molar-refractivity contribution is 0.0327. The number of hydrogen-bond acceptors (Lipinski definition) is 8. The molecule has 1 aliphatic carbocycles. The molecule has 8 heteroatoms. The van der Waals surface area contributed by atoms with Gasteiger partial charge in [-0.15, -0.1) is 0 Å². The van der Waals surface area contributed by atoms with Gasteiger partial charge < -0.3 is 15.0 Å². The summed E-state index contributed by atoms with van der Waals surface area (Å²) in [6.45, 7) is 1.98. The molecule has 0 atom stereocenters. The molecule has 0 aromatic carbocycles. The van der Waals surface area contributed by atoms with Crippen molar-refractivity contribution in [3.63, 3.8) is 0 Å². The summed E-state index contributed by atoms with van der Waals surface area (Å²) in [4.78, 5) is 15.2. The van der Waals surface area contributed by atoms with Gasteiger partial charge in [0.1, 0.15) is 0 Å². The number of nitrogen functional groups attached to an aromatic ring is 1. The van der Waals surface area contributed by atoms with Gasteiger partial charge in [-0.3, -0.25) is 5.43 Å². The average molecular weight is 279 g/mol. The normalized spacial score (nSPS) is 25.4. The predicted octanol–water partition coefficient (Wildman–Crippen LogP) is 0.347. The summed E-state index contributed by atoms with van der Waals surface area (Å²) in [6.07, 6.45) is 4.66. The lowest BCUT2D eigenvalue weighted by Gasteiger charge is -2.34. The lowest BCUT2D eigenvalue weighted by atomic mass is 9.89. The van der Waals surface area contributed by atoms with Crippen molar-refractivity contribution in [3.05, 3.63) is 0 Å². The highest BCUT2D eigenvalue weighted by Crippen LogP contribution is 2.26. The molecule has 4 N–H and O–H groups in total. The first-order valence-electron chi connectivity index (χ1n) is 7.05. The van der Waals surface area contributed by atoms with Crippen LogP contribution in [0.15, 0.2) is 0 Å². The van der Waals surface area contributed by atoms with Gasteiger partial charge in [-0.25, -0.2) is 5.84 Å². The summed E-state index contributed by atoms with van der Waals surface area (Å²) in [5, 5.41) is 3.32. The van der Waals surface area contributed by atoms with Gasteiger partial charge in [-0.05, 0) is 25.7 Å². The molecule has 2 aliphatic rings. The lowest BCUT2D eigenvalue weighted by Crippen LogP contribution is -2.40. The van der Waals surface area contributed by atoms with E-state index in [1.165, 1.54) is 12.8 Å². The van der Waals surface area contributed by atoms with Gasteiger partial charge in [0.15, 0.2) is 0 Å². The second-order valence-electron chi connectivity index (χ2n) is 5.29. The van der Waals surface area contributed by atoms with E-state index < -0.39 is 0 Å². The number of nitrogens with two attached hydrogens (primary N) is 1. The summed E-state index contributed by atoms with van der Waals surface area (Å²) in [7, 11) is 1.74. The van der Waals surface area contributed by atoms with Gasteiger partial charge in [-0.1, -0.05) is 0 Å². The summed E-state index contributed by atoms with van der Waals surface area (Å²) in [5.74, 6) is 7.10. The van der Waals surface area contributed by atoms with Gasteiger partial charge in [0.05, 0.1) is 6.10 Å². The highest BCUT2D eigenvalue weighted by molar-refractivity contribution is 5.44. The Balaban J connectivity index is 1.71. The molecule has 0 bridgehead atoms. The largest absolute Gasteiger partial charge is 0.381 e. The zero-order chi connectivity index (χ0) is 13.9. The molecular weight excluding hydrogens is 258 g/mol. The molecule has 0 unspecified atom stereocenters. The van der Waals surface area contributed by atoms with Crippen molar-refractivity contribution in [2.24, 2.45) is 5.84 Å². The SMILES string of the molecule is COC1CC(Nc2nc(NN)nc(N3CCCC3)n2)C1. The average Bonchev–Trinajstić information content (AvgIpc) is 2.96. The molecule has 3 rings (SSSR count). The van der Waals surface area contributed by atoms with E-state index in [-0.39, 0.29) is 0 Å². The fourth-order valence-corrected chi connectivity index (χ4v) is 2.61. The maximum atomic E-state index is 5.44. The summed E-state index contributed by atoms with van der Waals surface area (Å²) in [5.41, 5.74) is 2.51. The van der Waals surface area contributed by atoms with Crippen LogP contribution in [0.3, 0.4) is 0 Å². The molecule has 0 amide bonds. The second kappa shape index (κ2) is 5.76. The molecule has 1 aliphatic heterocycles. The molecule has 1 aromatic heterocycles. The standard InChI is InChI=1S/C12H21N7O/c1-20-9-6-8(7-9)14-10-15-11(18-13)17-12(16-10)19-4-2-3-5-19/h8-9H,2-7,13H2,1H3,(H2,14,15,16,17,18). The maximum Gasteiger partial charge on any atom is 0.243 e. The Hall–Kier alpha value is -1.67. The van der Waals surface area contributed by atoms with Crippen LogP contribution in [-0.2, 0) is 4.74 Å². The number of aromatic nitrogens is 3. The third kappa shape index (κ3) is 2.75. The van der Waals surface area contributed by atoms with E-state index in [0.717, 1.165) is 25.9 Å². The molecule has 2 fully saturated rings. The zero-order valence-corrected chi connectivity index (χ0v) is 11.7. The van der Waals surface area contributed by atoms with E-state index in [1.807, 2.05) is 0 Å². The van der Waals surface area contributed by atoms with Crippen molar-refractivity contribution >= 4 is 17.8 Å². The minimum Gasteiger partial charge on any atom is -0.381 e. The summed E-state index contributed by atoms with van der Waals surface area (Å²) < 4.78 is 5.27. The zero-order valence-electron chi connectivity index (χ0n) is 11.7. The Morgan fingerprint density at radius 1 is 1.15 bits per heavy atom. The maximum absolute atomic E-state index is 5.44. The van der Waals surface area contributed by atoms with Gasteiger partial charge in [0.25, 0.3) is 0 Å². The Morgan fingerprint density at radius 3 is 2.50 bits per heavy atom. The van der Waals surface area contributed by atoms with Crippen molar-refractivity contribution in [1.82, 2.24) is 15.0 Å². The second-order valence-corrected chi connectivity index (χ2v) is 5.29. The number of ether oxygens (including phenoxy) is 1. The van der Waals surface area contributed by atoms with Crippen LogP contribution in [0.5, 0.6) is 0 Å². The number of hydrogen-bond donors (Lipinski definition) is 3. The summed E-state index contributed by atoms with van der Waals surface area (Å²) >= 11 is 0. The van der Waals surface area contributed by atoms with Crippen molar-refractivity contribution in [2.75, 3.05) is 35.8 Å². The Morgan fingerprint density at radius 2 is 1.85 bits per heavy atom. The first-order chi connectivity index (χ1) is 9.78. The predicted molar refractivity (Wildman–Crippen MR) is 76.5 cm³/mol. The highest BCUT2D eigenvalue weighted by atomic mass is 16.5. The molecular formula is C12H21N7O. The number of methoxy groups -OCH3 is 1. The molecule has 1 saturated heterocycles. The quantitative estimate of drug-likeness (QED) is 0.524. The van der Waals surface area contributed by atoms with E-state index in [4.69, 9.17) is 10.6 Å². The van der Waals surface area contributed by atoms with Crippen LogP contribution in [0.25, 0.3) is 0 Å². The Bertz CT molecular complexity index is 457. The molecule has 1 saturated carbocycles. The van der Waals surface area contributed by atoms with Crippen LogP contribution >= 0.6 is 0 Å². The van der Waals surface area contributed by atoms with Crippen molar-refractivity contribution in [3.8, 4) is 0 Å². The summed E-state index contributed by atoms with van der Waals surface area (Å²) in [6, 6.07) is 0.361. The van der Waals surface area contributed by atoms with Crippen LogP contribution in [0.4, 0.5) is 17.8 Å². The molecule has 2 heterocycles. The molecule has 20 heavy (non-hydrogen) atoms. The third-order valence-electron chi connectivity index (χ3n) is 3.90. The van der Waals surface area contributed by atoms with Crippen molar-refractivity contribution in [1.29, 1.82) is 0 Å². The van der Waals surface area contributed by atoms with Gasteiger partial charge in [0.2, 0.25) is 17.8 Å². The fraction of sp³-hybridized carbons (Fsp3) is 0.750. The first kappa shape index (κ1) is 13.3. The molecule has 1 aromatic rings. The molecule has 0 radical (unpaired) electrons. The van der Waals surface area contributed by atoms with E-state index in [2.05, 4.69) is 30.6 Å². The third-order valence-corrected chi connectivity index (χ3v) is 3.90. The minimum absolute atomic E-state index is 0.347. The van der Waals surface area contributed by atoms with E-state index in [1.54, 1.807) is 7.11 Å². The smallest absolute Gasteiger partial charge is 0.243 e. The van der Waals surface area contributed by atoms with E-state index in [9.17, 15) is 0 Å². The number of anilines is 3. The Kier molecular flexibility index (Phi) is 3.83. The van der Waals surface area contributed by atoms with Crippen LogP contribution in [-0.4, -0.2) is 47.3 Å². The highest BCUT2D eigenvalue weighted by Gasteiger charge is 2.29. The monoisotopic (exact) mass is 279 g/mol. The minimum atomic E-state index is 0.347. The van der Waals surface area contributed by atoms with E-state index >= 15 is 0 Å². The Labute approximate surface area is 118 Å². The van der Waals surface area contributed by atoms with Gasteiger partial charge >= 0.3 is 0 Å². The number of hydrazine groups is 1. The molecule has 110 valence electrons.